The molecule has 1 heterocycles. The van der Waals surface area contributed by atoms with Gasteiger partial charge in [0.25, 0.3) is 0 Å². The van der Waals surface area contributed by atoms with Gasteiger partial charge >= 0.3 is 30.3 Å². The van der Waals surface area contributed by atoms with Gasteiger partial charge in [0, 0.05) is 12.8 Å². The lowest BCUT2D eigenvalue weighted by molar-refractivity contribution is -0.428. The summed E-state index contributed by atoms with van der Waals surface area (Å²) < 4.78 is 121. The largest absolute Gasteiger partial charge is 0.458 e. The predicted octanol–water partition coefficient (Wildman–Crippen LogP) is 2.86. The van der Waals surface area contributed by atoms with Crippen LogP contribution >= 0.6 is 0 Å². The minimum atomic E-state index is -6.31. The van der Waals surface area contributed by atoms with Crippen LogP contribution in [0.4, 0.5) is 39.5 Å². The van der Waals surface area contributed by atoms with E-state index in [1.165, 1.54) is 0 Å². The molecule has 6 nitrogen and oxygen atoms in total. The Morgan fingerprint density at radius 1 is 1.00 bits per heavy atom. The zero-order chi connectivity index (χ0) is 22.1. The molecule has 1 fully saturated rings. The van der Waals surface area contributed by atoms with E-state index < -0.39 is 61.2 Å². The molecule has 2 atom stereocenters. The quantitative estimate of drug-likeness (QED) is 0.351. The molecule has 28 heavy (non-hydrogen) atoms. The van der Waals surface area contributed by atoms with E-state index in [0.717, 1.165) is 6.92 Å². The first-order chi connectivity index (χ1) is 12.4. The molecule has 1 saturated heterocycles. The number of halogens is 9. The standard InChI is InChI=1S/C13H12F9NO5/c1-6(23-7(24)2-3-8(23)25)9(26)27-5-10(14,13(20,21)22)28-12(18,19)4-11(15,16)17/h6H,2-5H2,1H3/t6-,10?/m0/s1. The summed E-state index contributed by atoms with van der Waals surface area (Å²) in [7, 11) is 0. The Hall–Kier alpha value is -2.06. The molecule has 1 rings (SSSR count). The van der Waals surface area contributed by atoms with Crippen LogP contribution in [-0.2, 0) is 23.9 Å². The highest BCUT2D eigenvalue weighted by atomic mass is 19.4. The van der Waals surface area contributed by atoms with Gasteiger partial charge in [0.2, 0.25) is 11.8 Å². The maximum Gasteiger partial charge on any atom is 0.452 e. The van der Waals surface area contributed by atoms with Gasteiger partial charge in [-0.25, -0.2) is 4.79 Å². The lowest BCUT2D eigenvalue weighted by atomic mass is 10.2. The van der Waals surface area contributed by atoms with Crippen molar-refractivity contribution in [3.8, 4) is 0 Å². The van der Waals surface area contributed by atoms with E-state index in [1.54, 1.807) is 0 Å². The Labute approximate surface area is 150 Å². The van der Waals surface area contributed by atoms with Crippen molar-refractivity contribution in [3.05, 3.63) is 0 Å². The molecule has 0 radical (unpaired) electrons. The SMILES string of the molecule is C[C@@H](C(=O)OCC(F)(OC(F)(F)CC(F)(F)F)C(F)(F)F)N1C(=O)CCC1=O. The van der Waals surface area contributed by atoms with Crippen LogP contribution in [-0.4, -0.2) is 59.6 Å². The van der Waals surface area contributed by atoms with Crippen LogP contribution in [0.3, 0.4) is 0 Å². The smallest absolute Gasteiger partial charge is 0.452 e. The third kappa shape index (κ3) is 5.97. The van der Waals surface area contributed by atoms with Gasteiger partial charge in [0.15, 0.2) is 6.61 Å². The second-order valence-corrected chi connectivity index (χ2v) is 5.70. The van der Waals surface area contributed by atoms with Gasteiger partial charge in [-0.15, -0.1) is 0 Å². The summed E-state index contributed by atoms with van der Waals surface area (Å²) in [5, 5.41) is 0. The van der Waals surface area contributed by atoms with E-state index in [-0.39, 0.29) is 12.8 Å². The van der Waals surface area contributed by atoms with Crippen LogP contribution in [0.25, 0.3) is 0 Å². The number of imide groups is 1. The van der Waals surface area contributed by atoms with Crippen molar-refractivity contribution in [1.29, 1.82) is 0 Å². The molecule has 0 saturated carbocycles. The second kappa shape index (κ2) is 7.75. The van der Waals surface area contributed by atoms with Gasteiger partial charge in [0.1, 0.15) is 12.5 Å². The summed E-state index contributed by atoms with van der Waals surface area (Å²) in [5.41, 5.74) is 0. The van der Waals surface area contributed by atoms with Crippen molar-refractivity contribution in [2.45, 2.75) is 56.5 Å². The monoisotopic (exact) mass is 433 g/mol. The number of nitrogens with zero attached hydrogens (tertiary/aromatic N) is 1. The van der Waals surface area contributed by atoms with Crippen molar-refractivity contribution in [1.82, 2.24) is 4.90 Å². The van der Waals surface area contributed by atoms with E-state index in [1.807, 2.05) is 0 Å². The molecule has 0 spiro atoms. The van der Waals surface area contributed by atoms with E-state index in [9.17, 15) is 53.9 Å². The Bertz CT molecular complexity index is 617. The molecule has 1 unspecified atom stereocenters. The van der Waals surface area contributed by atoms with Gasteiger partial charge in [0.05, 0.1) is 0 Å². The van der Waals surface area contributed by atoms with Crippen LogP contribution in [0, 0.1) is 0 Å². The molecule has 0 N–H and O–H groups in total. The Kier molecular flexibility index (Phi) is 6.64. The number of hydrogen-bond acceptors (Lipinski definition) is 5. The zero-order valence-corrected chi connectivity index (χ0v) is 13.8. The number of carbonyl (C=O) groups is 3. The molecule has 1 aliphatic heterocycles. The maximum atomic E-state index is 13.9. The van der Waals surface area contributed by atoms with E-state index >= 15 is 0 Å². The minimum absolute atomic E-state index is 0.307. The molecule has 0 aromatic carbocycles. The van der Waals surface area contributed by atoms with Gasteiger partial charge in [-0.05, 0) is 6.92 Å². The molecule has 1 aliphatic rings. The number of esters is 1. The molecule has 2 amide bonds. The average molecular weight is 433 g/mol. The highest BCUT2D eigenvalue weighted by Gasteiger charge is 2.64. The number of carbonyl (C=O) groups excluding carboxylic acids is 3. The predicted molar refractivity (Wildman–Crippen MR) is 68.1 cm³/mol. The van der Waals surface area contributed by atoms with Crippen molar-refractivity contribution in [2.24, 2.45) is 0 Å². The van der Waals surface area contributed by atoms with Gasteiger partial charge < -0.3 is 4.74 Å². The molecule has 0 aromatic heterocycles. The first-order valence-electron chi connectivity index (χ1n) is 7.30. The van der Waals surface area contributed by atoms with Crippen LogP contribution in [0.5, 0.6) is 0 Å². The topological polar surface area (TPSA) is 72.9 Å². The average Bonchev–Trinajstić information content (AvgIpc) is 2.78. The number of alkyl halides is 9. The third-order valence-corrected chi connectivity index (χ3v) is 3.36. The Morgan fingerprint density at radius 3 is 1.86 bits per heavy atom. The number of amides is 2. The zero-order valence-electron chi connectivity index (χ0n) is 13.8. The van der Waals surface area contributed by atoms with Crippen molar-refractivity contribution >= 4 is 17.8 Å². The molecule has 162 valence electrons. The normalized spacial score (nSPS) is 19.6. The highest BCUT2D eigenvalue weighted by Crippen LogP contribution is 2.43. The number of ether oxygens (including phenoxy) is 2. The summed E-state index contributed by atoms with van der Waals surface area (Å²) in [6, 6.07) is -1.82. The highest BCUT2D eigenvalue weighted by molar-refractivity contribution is 6.04. The fraction of sp³-hybridized carbons (Fsp3) is 0.769. The van der Waals surface area contributed by atoms with E-state index in [0.29, 0.717) is 4.90 Å². The summed E-state index contributed by atoms with van der Waals surface area (Å²) in [4.78, 5) is 34.8. The first kappa shape index (κ1) is 24.0. The maximum absolute atomic E-state index is 13.9. The van der Waals surface area contributed by atoms with E-state index in [4.69, 9.17) is 0 Å². The van der Waals surface area contributed by atoms with Gasteiger partial charge in [-0.3, -0.25) is 19.2 Å². The number of rotatable bonds is 7. The Morgan fingerprint density at radius 2 is 1.46 bits per heavy atom. The summed E-state index contributed by atoms with van der Waals surface area (Å²) in [6.45, 7) is -1.76. The van der Waals surface area contributed by atoms with Crippen LogP contribution in [0.15, 0.2) is 0 Å². The fourth-order valence-corrected chi connectivity index (χ4v) is 2.09. The lowest BCUT2D eigenvalue weighted by Gasteiger charge is -2.32. The van der Waals surface area contributed by atoms with Crippen LogP contribution < -0.4 is 0 Å². The summed E-state index contributed by atoms with van der Waals surface area (Å²) >= 11 is 0. The molecule has 15 heteroatoms. The van der Waals surface area contributed by atoms with E-state index in [2.05, 4.69) is 9.47 Å². The van der Waals surface area contributed by atoms with Crippen molar-refractivity contribution in [2.75, 3.05) is 6.61 Å². The first-order valence-corrected chi connectivity index (χ1v) is 7.30. The van der Waals surface area contributed by atoms with Crippen LogP contribution in [0.2, 0.25) is 0 Å². The molecular formula is C13H12F9NO5. The fourth-order valence-electron chi connectivity index (χ4n) is 2.09. The summed E-state index contributed by atoms with van der Waals surface area (Å²) in [6.07, 6.45) is -21.5. The molecule has 0 bridgehead atoms. The number of likely N-dealkylation sites (tertiary alicyclic amines) is 1. The Balaban J connectivity index is 2.90. The minimum Gasteiger partial charge on any atom is -0.458 e. The van der Waals surface area contributed by atoms with Crippen molar-refractivity contribution in [3.63, 3.8) is 0 Å². The third-order valence-electron chi connectivity index (χ3n) is 3.36. The lowest BCUT2D eigenvalue weighted by Crippen LogP contribution is -2.53. The molecular weight excluding hydrogens is 421 g/mol. The molecule has 0 aliphatic carbocycles. The number of hydrogen-bond donors (Lipinski definition) is 0. The second-order valence-electron chi connectivity index (χ2n) is 5.70. The van der Waals surface area contributed by atoms with Gasteiger partial charge in [-0.1, -0.05) is 0 Å². The van der Waals surface area contributed by atoms with Gasteiger partial charge in [-0.2, -0.15) is 39.5 Å². The van der Waals surface area contributed by atoms with Crippen molar-refractivity contribution < 1.29 is 63.4 Å². The summed E-state index contributed by atoms with van der Waals surface area (Å²) in [5.74, 6) is -9.05. The molecule has 0 aromatic rings. The van der Waals surface area contributed by atoms with Crippen LogP contribution in [0.1, 0.15) is 26.2 Å².